The zero-order valence-electron chi connectivity index (χ0n) is 34.2. The van der Waals surface area contributed by atoms with Gasteiger partial charge in [0.05, 0.1) is 24.9 Å². The molecule has 11 rings (SSSR count). The molecule has 60 heavy (non-hydrogen) atoms. The Kier molecular flexibility index (Phi) is 9.30. The zero-order valence-corrected chi connectivity index (χ0v) is 34.2. The SMILES string of the molecule is O=C1CCC(N2Cc3c(ccc4c3OCC43CCN(CC4CCC5(CCN(c6ccc([C@@H]7c8ccc(O)cc8CC[C@@H]7c7ccccc7)cc6)CC5)O4)CC3)C2=O)C(=O)N1. The van der Waals surface area contributed by atoms with Gasteiger partial charge >= 0.3 is 0 Å². The molecule has 2 N–H and O–H groups in total. The van der Waals surface area contributed by atoms with Gasteiger partial charge in [-0.3, -0.25) is 19.7 Å². The van der Waals surface area contributed by atoms with Crippen molar-refractivity contribution < 1.29 is 29.0 Å². The Morgan fingerprint density at radius 2 is 1.58 bits per heavy atom. The van der Waals surface area contributed by atoms with Crippen LogP contribution in [0.15, 0.2) is 84.9 Å². The number of carbonyl (C=O) groups is 3. The van der Waals surface area contributed by atoms with Crippen LogP contribution < -0.4 is 15.0 Å². The lowest BCUT2D eigenvalue weighted by Gasteiger charge is -2.41. The van der Waals surface area contributed by atoms with Crippen molar-refractivity contribution in [1.82, 2.24) is 15.1 Å². The second kappa shape index (κ2) is 14.8. The van der Waals surface area contributed by atoms with E-state index in [2.05, 4.69) is 81.8 Å². The molecule has 0 radical (unpaired) electrons. The van der Waals surface area contributed by atoms with Gasteiger partial charge in [0.25, 0.3) is 5.91 Å². The molecule has 1 aliphatic carbocycles. The topological polar surface area (TPSA) is 112 Å². The maximum atomic E-state index is 13.4. The lowest BCUT2D eigenvalue weighted by molar-refractivity contribution is -0.136. The summed E-state index contributed by atoms with van der Waals surface area (Å²) in [6.45, 7) is 5.89. The number of imide groups is 1. The van der Waals surface area contributed by atoms with Gasteiger partial charge in [-0.25, -0.2) is 0 Å². The third kappa shape index (κ3) is 6.49. The maximum Gasteiger partial charge on any atom is 0.255 e. The second-order valence-corrected chi connectivity index (χ2v) is 18.7. The summed E-state index contributed by atoms with van der Waals surface area (Å²) in [5, 5.41) is 12.7. The Labute approximate surface area is 351 Å². The van der Waals surface area contributed by atoms with Crippen molar-refractivity contribution in [2.45, 2.75) is 106 Å². The molecule has 0 saturated carbocycles. The van der Waals surface area contributed by atoms with Crippen LogP contribution in [-0.4, -0.2) is 89.7 Å². The van der Waals surface area contributed by atoms with Crippen LogP contribution in [0.1, 0.15) is 113 Å². The summed E-state index contributed by atoms with van der Waals surface area (Å²) < 4.78 is 13.4. The van der Waals surface area contributed by atoms with E-state index in [1.54, 1.807) is 4.90 Å². The summed E-state index contributed by atoms with van der Waals surface area (Å²) in [6.07, 6.45) is 9.21. The molecular weight excluding hydrogens is 753 g/mol. The van der Waals surface area contributed by atoms with E-state index in [0.29, 0.717) is 36.8 Å². The molecule has 4 atom stereocenters. The molecule has 4 fully saturated rings. The monoisotopic (exact) mass is 806 g/mol. The number of hydrogen-bond donors (Lipinski definition) is 2. The molecule has 3 amide bonds. The highest BCUT2D eigenvalue weighted by atomic mass is 16.5. The number of phenolic OH excluding ortho intramolecular Hbond substituents is 1. The summed E-state index contributed by atoms with van der Waals surface area (Å²) >= 11 is 0. The molecule has 2 unspecified atom stereocenters. The molecule has 6 heterocycles. The van der Waals surface area contributed by atoms with Crippen molar-refractivity contribution >= 4 is 23.4 Å². The quantitative estimate of drug-likeness (QED) is 0.202. The summed E-state index contributed by atoms with van der Waals surface area (Å²) in [4.78, 5) is 44.5. The van der Waals surface area contributed by atoms with E-state index in [4.69, 9.17) is 9.47 Å². The maximum absolute atomic E-state index is 13.4. The Hall–Kier alpha value is -5.19. The van der Waals surface area contributed by atoms with E-state index in [0.717, 1.165) is 95.4 Å². The number of anilines is 1. The number of ether oxygens (including phenoxy) is 2. The van der Waals surface area contributed by atoms with Crippen LogP contribution in [0, 0.1) is 0 Å². The normalized spacial score (nSPS) is 26.8. The fraction of sp³-hybridized carbons (Fsp3) is 0.460. The average Bonchev–Trinajstić information content (AvgIpc) is 3.95. The van der Waals surface area contributed by atoms with Gasteiger partial charge in [-0.05, 0) is 129 Å². The van der Waals surface area contributed by atoms with Gasteiger partial charge in [-0.2, -0.15) is 0 Å². The second-order valence-electron chi connectivity index (χ2n) is 18.7. The van der Waals surface area contributed by atoms with Gasteiger partial charge < -0.3 is 29.3 Å². The van der Waals surface area contributed by atoms with Crippen LogP contribution in [-0.2, 0) is 32.7 Å². The number of fused-ring (bicyclic) bond motifs is 5. The van der Waals surface area contributed by atoms with E-state index in [9.17, 15) is 19.5 Å². The first kappa shape index (κ1) is 37.8. The minimum absolute atomic E-state index is 0.0316. The smallest absolute Gasteiger partial charge is 0.255 e. The predicted molar refractivity (Wildman–Crippen MR) is 228 cm³/mol. The first-order valence-corrected chi connectivity index (χ1v) is 22.3. The fourth-order valence-corrected chi connectivity index (χ4v) is 12.1. The largest absolute Gasteiger partial charge is 0.508 e. The molecule has 7 aliphatic rings. The first-order valence-electron chi connectivity index (χ1n) is 22.3. The number of carbonyl (C=O) groups excluding carboxylic acids is 3. The van der Waals surface area contributed by atoms with Crippen molar-refractivity contribution in [2.24, 2.45) is 0 Å². The molecule has 4 saturated heterocycles. The summed E-state index contributed by atoms with van der Waals surface area (Å²) in [6, 6.07) is 29.6. The minimum atomic E-state index is -0.628. The standard InChI is InChI=1S/C50H54N4O6/c55-36-11-13-39-34(28-36)8-12-38(32-4-2-1-3-5-32)45(39)33-6-9-35(10-7-33)53-26-22-50(23-27-53)19-18-37(60-50)29-52-24-20-49(21-25-52)31-59-46-41-30-54(43-16-17-44(56)51-47(43)57)48(58)40(41)14-15-42(46)49/h1-7,9-11,13-15,28,37-38,43,45,55H,8,12,16-27,29-31H2,(H,51,56,57)/t37?,38-,43?,45+/m1/s1. The number of phenols is 1. The average molecular weight is 807 g/mol. The molecule has 4 aromatic rings. The number of aryl methyl sites for hydroxylation is 1. The van der Waals surface area contributed by atoms with Gasteiger partial charge in [0, 0.05) is 59.8 Å². The number of aromatic hydroxyl groups is 1. The molecule has 4 aromatic carbocycles. The Morgan fingerprint density at radius 3 is 2.37 bits per heavy atom. The van der Waals surface area contributed by atoms with Crippen LogP contribution >= 0.6 is 0 Å². The molecule has 0 bridgehead atoms. The van der Waals surface area contributed by atoms with E-state index < -0.39 is 6.04 Å². The van der Waals surface area contributed by atoms with E-state index in [1.165, 1.54) is 33.5 Å². The molecule has 2 spiro atoms. The van der Waals surface area contributed by atoms with Gasteiger partial charge in [0.1, 0.15) is 17.5 Å². The van der Waals surface area contributed by atoms with E-state index in [1.807, 2.05) is 18.2 Å². The molecule has 10 heteroatoms. The Morgan fingerprint density at radius 1 is 0.783 bits per heavy atom. The molecule has 0 aromatic heterocycles. The highest BCUT2D eigenvalue weighted by Gasteiger charge is 2.49. The Bertz CT molecular complexity index is 2330. The first-order chi connectivity index (χ1) is 29.2. The number of nitrogens with one attached hydrogen (secondary N) is 1. The molecule has 6 aliphatic heterocycles. The van der Waals surface area contributed by atoms with Crippen molar-refractivity contribution in [3.63, 3.8) is 0 Å². The lowest BCUT2D eigenvalue weighted by atomic mass is 9.69. The molecular formula is C50H54N4O6. The van der Waals surface area contributed by atoms with Gasteiger partial charge in [-0.1, -0.05) is 54.6 Å². The van der Waals surface area contributed by atoms with Crippen LogP contribution in [0.3, 0.4) is 0 Å². The van der Waals surface area contributed by atoms with E-state index in [-0.39, 0.29) is 47.2 Å². The van der Waals surface area contributed by atoms with Gasteiger partial charge in [-0.15, -0.1) is 0 Å². The number of hydrogen-bond acceptors (Lipinski definition) is 8. The van der Waals surface area contributed by atoms with Gasteiger partial charge in [0.2, 0.25) is 11.8 Å². The van der Waals surface area contributed by atoms with Crippen molar-refractivity contribution in [3.8, 4) is 11.5 Å². The Balaban J connectivity index is 0.697. The summed E-state index contributed by atoms with van der Waals surface area (Å²) in [5.74, 6) is 1.01. The highest BCUT2D eigenvalue weighted by Crippen LogP contribution is 2.51. The summed E-state index contributed by atoms with van der Waals surface area (Å²) in [7, 11) is 0. The van der Waals surface area contributed by atoms with Crippen LogP contribution in [0.25, 0.3) is 0 Å². The third-order valence-electron chi connectivity index (χ3n) is 15.5. The third-order valence-corrected chi connectivity index (χ3v) is 15.5. The van der Waals surface area contributed by atoms with Crippen molar-refractivity contribution in [1.29, 1.82) is 0 Å². The number of amides is 3. The number of likely N-dealkylation sites (tertiary alicyclic amines) is 1. The predicted octanol–water partition coefficient (Wildman–Crippen LogP) is 6.96. The van der Waals surface area contributed by atoms with Crippen molar-refractivity contribution in [2.75, 3.05) is 44.2 Å². The molecule has 10 nitrogen and oxygen atoms in total. The lowest BCUT2D eigenvalue weighted by Crippen LogP contribution is -2.52. The number of nitrogens with zero attached hydrogens (tertiary/aromatic N) is 3. The van der Waals surface area contributed by atoms with Crippen LogP contribution in [0.2, 0.25) is 0 Å². The highest BCUT2D eigenvalue weighted by molar-refractivity contribution is 6.05. The fourth-order valence-electron chi connectivity index (χ4n) is 12.1. The number of benzene rings is 4. The van der Waals surface area contributed by atoms with Crippen molar-refractivity contribution in [3.05, 3.63) is 124 Å². The van der Waals surface area contributed by atoms with E-state index >= 15 is 0 Å². The van der Waals surface area contributed by atoms with Crippen LogP contribution in [0.5, 0.6) is 11.5 Å². The van der Waals surface area contributed by atoms with Gasteiger partial charge in [0.15, 0.2) is 0 Å². The number of piperidine rings is 3. The number of rotatable bonds is 6. The zero-order chi connectivity index (χ0) is 40.6. The summed E-state index contributed by atoms with van der Waals surface area (Å²) in [5.41, 5.74) is 9.20. The van der Waals surface area contributed by atoms with Crippen LogP contribution in [0.4, 0.5) is 5.69 Å². The minimum Gasteiger partial charge on any atom is -0.508 e. The molecule has 310 valence electrons.